The predicted octanol–water partition coefficient (Wildman–Crippen LogP) is 4.02. The van der Waals surface area contributed by atoms with Gasteiger partial charge in [0.2, 0.25) is 0 Å². The number of aromatic carboxylic acids is 1. The van der Waals surface area contributed by atoms with Gasteiger partial charge in [0.05, 0.1) is 22.0 Å². The maximum absolute atomic E-state index is 11.8. The van der Waals surface area contributed by atoms with Gasteiger partial charge in [-0.2, -0.15) is 0 Å². The van der Waals surface area contributed by atoms with Crippen molar-refractivity contribution in [2.75, 3.05) is 4.90 Å². The maximum atomic E-state index is 11.8. The number of nitrogens with two attached hydrogens (primary N) is 1. The Morgan fingerprint density at radius 2 is 1.86 bits per heavy atom. The largest absolute Gasteiger partial charge is 0.478 e. The summed E-state index contributed by atoms with van der Waals surface area (Å²) in [4.78, 5) is 24.1. The summed E-state index contributed by atoms with van der Waals surface area (Å²) in [6.45, 7) is 0. The van der Waals surface area contributed by atoms with Gasteiger partial charge in [-0.25, -0.2) is 9.59 Å². The number of nitrogens with zero attached hydrogens (tertiary/aromatic N) is 1. The van der Waals surface area contributed by atoms with E-state index in [1.165, 1.54) is 23.1 Å². The van der Waals surface area contributed by atoms with Gasteiger partial charge in [-0.05, 0) is 46.3 Å². The molecule has 0 heterocycles. The second kappa shape index (κ2) is 6.15. The van der Waals surface area contributed by atoms with E-state index in [0.29, 0.717) is 15.8 Å². The summed E-state index contributed by atoms with van der Waals surface area (Å²) in [5.74, 6) is -1.18. The molecule has 0 fully saturated rings. The van der Waals surface area contributed by atoms with Gasteiger partial charge >= 0.3 is 12.0 Å². The SMILES string of the molecule is NC(=O)N(c1ccc(Cl)c(C(=O)O)c1)c1ccccc1Br. The van der Waals surface area contributed by atoms with E-state index < -0.39 is 12.0 Å². The minimum atomic E-state index is -1.18. The second-order valence-corrected chi connectivity index (χ2v) is 5.36. The molecular weight excluding hydrogens is 360 g/mol. The van der Waals surface area contributed by atoms with Crippen molar-refractivity contribution >= 4 is 50.9 Å². The molecule has 3 N–H and O–H groups in total. The number of amides is 2. The highest BCUT2D eigenvalue weighted by atomic mass is 79.9. The van der Waals surface area contributed by atoms with Crippen LogP contribution < -0.4 is 10.6 Å². The molecule has 0 aliphatic rings. The summed E-state index contributed by atoms with van der Waals surface area (Å²) in [5.41, 5.74) is 6.13. The lowest BCUT2D eigenvalue weighted by Gasteiger charge is -2.22. The van der Waals surface area contributed by atoms with Crippen molar-refractivity contribution in [2.24, 2.45) is 5.73 Å². The Kier molecular flexibility index (Phi) is 4.50. The van der Waals surface area contributed by atoms with Crippen LogP contribution in [-0.2, 0) is 0 Å². The molecule has 0 unspecified atom stereocenters. The van der Waals surface area contributed by atoms with Crippen LogP contribution in [0.2, 0.25) is 5.02 Å². The Balaban J connectivity index is 2.60. The smallest absolute Gasteiger partial charge is 0.337 e. The normalized spacial score (nSPS) is 10.2. The summed E-state index contributed by atoms with van der Waals surface area (Å²) in [5, 5.41) is 9.19. The number of carboxylic acid groups (broad SMARTS) is 1. The van der Waals surface area contributed by atoms with Crippen LogP contribution in [0, 0.1) is 0 Å². The molecule has 0 spiro atoms. The van der Waals surface area contributed by atoms with E-state index in [0.717, 1.165) is 0 Å². The molecule has 2 aromatic carbocycles. The van der Waals surface area contributed by atoms with Gasteiger partial charge in [0, 0.05) is 4.47 Å². The number of carboxylic acids is 1. The van der Waals surface area contributed by atoms with E-state index in [1.807, 2.05) is 0 Å². The van der Waals surface area contributed by atoms with Crippen LogP contribution in [0.15, 0.2) is 46.9 Å². The van der Waals surface area contributed by atoms with Crippen molar-refractivity contribution in [3.8, 4) is 0 Å². The molecule has 0 saturated heterocycles. The molecule has 0 aliphatic carbocycles. The van der Waals surface area contributed by atoms with Crippen molar-refractivity contribution in [1.29, 1.82) is 0 Å². The molecule has 0 aromatic heterocycles. The molecule has 0 radical (unpaired) electrons. The van der Waals surface area contributed by atoms with Crippen molar-refractivity contribution in [1.82, 2.24) is 0 Å². The molecule has 2 rings (SSSR count). The van der Waals surface area contributed by atoms with E-state index in [2.05, 4.69) is 15.9 Å². The first kappa shape index (κ1) is 15.3. The first-order valence-corrected chi connectivity index (χ1v) is 6.96. The lowest BCUT2D eigenvalue weighted by Crippen LogP contribution is -2.31. The number of anilines is 2. The van der Waals surface area contributed by atoms with Gasteiger partial charge < -0.3 is 10.8 Å². The number of hydrogen-bond donors (Lipinski definition) is 2. The summed E-state index contributed by atoms with van der Waals surface area (Å²) >= 11 is 9.16. The fraction of sp³-hybridized carbons (Fsp3) is 0. The molecule has 7 heteroatoms. The molecule has 21 heavy (non-hydrogen) atoms. The quantitative estimate of drug-likeness (QED) is 0.857. The number of urea groups is 1. The minimum absolute atomic E-state index is 0.0859. The summed E-state index contributed by atoms with van der Waals surface area (Å²) < 4.78 is 0.649. The Bertz CT molecular complexity index is 721. The van der Waals surface area contributed by atoms with E-state index in [9.17, 15) is 9.59 Å². The highest BCUT2D eigenvalue weighted by Crippen LogP contribution is 2.33. The molecule has 108 valence electrons. The van der Waals surface area contributed by atoms with E-state index >= 15 is 0 Å². The zero-order valence-corrected chi connectivity index (χ0v) is 12.9. The molecular formula is C14H10BrClN2O3. The summed E-state index contributed by atoms with van der Waals surface area (Å²) in [7, 11) is 0. The number of carbonyl (C=O) groups excluding carboxylic acids is 1. The molecule has 0 aliphatic heterocycles. The minimum Gasteiger partial charge on any atom is -0.478 e. The van der Waals surface area contributed by atoms with Crippen molar-refractivity contribution in [2.45, 2.75) is 0 Å². The number of carbonyl (C=O) groups is 2. The number of primary amides is 1. The van der Waals surface area contributed by atoms with Crippen molar-refractivity contribution in [3.63, 3.8) is 0 Å². The lowest BCUT2D eigenvalue weighted by atomic mass is 10.1. The monoisotopic (exact) mass is 368 g/mol. The third kappa shape index (κ3) is 3.17. The van der Waals surface area contributed by atoms with E-state index in [-0.39, 0.29) is 10.6 Å². The molecule has 0 atom stereocenters. The maximum Gasteiger partial charge on any atom is 0.337 e. The van der Waals surface area contributed by atoms with Gasteiger partial charge in [-0.3, -0.25) is 4.90 Å². The first-order chi connectivity index (χ1) is 9.91. The van der Waals surface area contributed by atoms with E-state index in [1.54, 1.807) is 24.3 Å². The number of para-hydroxylation sites is 1. The van der Waals surface area contributed by atoms with Crippen molar-refractivity contribution in [3.05, 3.63) is 57.5 Å². The van der Waals surface area contributed by atoms with Gasteiger partial charge in [0.1, 0.15) is 0 Å². The third-order valence-electron chi connectivity index (χ3n) is 2.75. The van der Waals surface area contributed by atoms with Crippen LogP contribution in [0.25, 0.3) is 0 Å². The second-order valence-electron chi connectivity index (χ2n) is 4.09. The van der Waals surface area contributed by atoms with Gasteiger partial charge in [-0.1, -0.05) is 23.7 Å². The Hall–Kier alpha value is -2.05. The molecule has 0 bridgehead atoms. The molecule has 5 nitrogen and oxygen atoms in total. The number of rotatable bonds is 3. The number of hydrogen-bond acceptors (Lipinski definition) is 2. The average Bonchev–Trinajstić information content (AvgIpc) is 2.42. The highest BCUT2D eigenvalue weighted by Gasteiger charge is 2.20. The van der Waals surface area contributed by atoms with Crippen LogP contribution >= 0.6 is 27.5 Å². The lowest BCUT2D eigenvalue weighted by molar-refractivity contribution is 0.0697. The van der Waals surface area contributed by atoms with Crippen LogP contribution in [-0.4, -0.2) is 17.1 Å². The number of halogens is 2. The zero-order valence-electron chi connectivity index (χ0n) is 10.6. The Morgan fingerprint density at radius 3 is 2.43 bits per heavy atom. The fourth-order valence-corrected chi connectivity index (χ4v) is 2.49. The van der Waals surface area contributed by atoms with E-state index in [4.69, 9.17) is 22.4 Å². The molecule has 2 amide bonds. The average molecular weight is 370 g/mol. The fourth-order valence-electron chi connectivity index (χ4n) is 1.83. The third-order valence-corrected chi connectivity index (χ3v) is 3.75. The topological polar surface area (TPSA) is 83.6 Å². The molecule has 0 saturated carbocycles. The first-order valence-electron chi connectivity index (χ1n) is 5.78. The van der Waals surface area contributed by atoms with Gasteiger partial charge in [-0.15, -0.1) is 0 Å². The summed E-state index contributed by atoms with van der Waals surface area (Å²) in [6.07, 6.45) is 0. The van der Waals surface area contributed by atoms with Crippen molar-refractivity contribution < 1.29 is 14.7 Å². The Morgan fingerprint density at radius 1 is 1.19 bits per heavy atom. The predicted molar refractivity (Wildman–Crippen MR) is 84.3 cm³/mol. The van der Waals surface area contributed by atoms with Gasteiger partial charge in [0.15, 0.2) is 0 Å². The molecule has 2 aromatic rings. The van der Waals surface area contributed by atoms with Crippen LogP contribution in [0.4, 0.5) is 16.2 Å². The standard InChI is InChI=1S/C14H10BrClN2O3/c15-10-3-1-2-4-12(10)18(14(17)21)8-5-6-11(16)9(7-8)13(19)20/h1-7H,(H2,17,21)(H,19,20). The van der Waals surface area contributed by atoms with Crippen LogP contribution in [0.5, 0.6) is 0 Å². The van der Waals surface area contributed by atoms with Crippen LogP contribution in [0.1, 0.15) is 10.4 Å². The zero-order chi connectivity index (χ0) is 15.6. The van der Waals surface area contributed by atoms with Crippen LogP contribution in [0.3, 0.4) is 0 Å². The van der Waals surface area contributed by atoms with Gasteiger partial charge in [0.25, 0.3) is 0 Å². The summed E-state index contributed by atoms with van der Waals surface area (Å²) in [6, 6.07) is 10.5. The highest BCUT2D eigenvalue weighted by molar-refractivity contribution is 9.10. The number of benzene rings is 2. The Labute approximate surface area is 134 Å².